The van der Waals surface area contributed by atoms with Gasteiger partial charge in [0, 0.05) is 5.69 Å². The molecular weight excluding hydrogens is 314 g/mol. The highest BCUT2D eigenvalue weighted by Gasteiger charge is 2.18. The summed E-state index contributed by atoms with van der Waals surface area (Å²) in [6.07, 6.45) is 0.247. The van der Waals surface area contributed by atoms with Crippen LogP contribution in [-0.4, -0.2) is 20.2 Å². The maximum absolute atomic E-state index is 11.9. The van der Waals surface area contributed by atoms with Gasteiger partial charge in [0.1, 0.15) is 5.75 Å². The van der Waals surface area contributed by atoms with Crippen molar-refractivity contribution in [3.63, 3.8) is 0 Å². The Bertz CT molecular complexity index is 853. The van der Waals surface area contributed by atoms with Crippen LogP contribution in [0, 0.1) is 0 Å². The molecule has 0 saturated carbocycles. The topological polar surface area (TPSA) is 47.6 Å². The zero-order valence-electron chi connectivity index (χ0n) is 14.4. The zero-order chi connectivity index (χ0) is 17.6. The van der Waals surface area contributed by atoms with Gasteiger partial charge >= 0.3 is 5.97 Å². The normalized spacial score (nSPS) is 11.8. The van der Waals surface area contributed by atoms with Crippen LogP contribution in [0.5, 0.6) is 5.75 Å². The number of benzene rings is 3. The Morgan fingerprint density at radius 2 is 1.68 bits per heavy atom. The molecule has 128 valence electrons. The van der Waals surface area contributed by atoms with Gasteiger partial charge in [0.05, 0.1) is 26.7 Å². The molecule has 0 spiro atoms. The molecule has 1 N–H and O–H groups in total. The molecule has 0 saturated heterocycles. The van der Waals surface area contributed by atoms with Crippen LogP contribution in [0.3, 0.4) is 0 Å². The van der Waals surface area contributed by atoms with E-state index in [9.17, 15) is 4.79 Å². The first-order valence-electron chi connectivity index (χ1n) is 8.16. The fourth-order valence-electron chi connectivity index (χ4n) is 2.93. The highest BCUT2D eigenvalue weighted by atomic mass is 16.5. The molecular formula is C21H21NO3. The predicted octanol–water partition coefficient (Wildman–Crippen LogP) is 4.56. The highest BCUT2D eigenvalue weighted by Crippen LogP contribution is 2.30. The van der Waals surface area contributed by atoms with Gasteiger partial charge in [0.2, 0.25) is 0 Å². The number of carbonyl (C=O) groups excluding carboxylic acids is 1. The van der Waals surface area contributed by atoms with Gasteiger partial charge in [0.15, 0.2) is 0 Å². The maximum Gasteiger partial charge on any atom is 0.307 e. The second kappa shape index (κ2) is 7.71. The van der Waals surface area contributed by atoms with Crippen LogP contribution in [-0.2, 0) is 9.53 Å². The molecule has 3 rings (SSSR count). The summed E-state index contributed by atoms with van der Waals surface area (Å²) in [4.78, 5) is 11.9. The minimum atomic E-state index is -0.251. The van der Waals surface area contributed by atoms with Gasteiger partial charge in [-0.05, 0) is 40.6 Å². The first-order chi connectivity index (χ1) is 12.2. The smallest absolute Gasteiger partial charge is 0.307 e. The van der Waals surface area contributed by atoms with Gasteiger partial charge in [-0.25, -0.2) is 0 Å². The van der Waals surface area contributed by atoms with Crippen molar-refractivity contribution in [2.75, 3.05) is 19.5 Å². The number of nitrogens with one attached hydrogen (secondary N) is 1. The lowest BCUT2D eigenvalue weighted by molar-refractivity contribution is -0.140. The van der Waals surface area contributed by atoms with Gasteiger partial charge in [-0.1, -0.05) is 42.5 Å². The summed E-state index contributed by atoms with van der Waals surface area (Å²) in [5.74, 6) is 0.541. The van der Waals surface area contributed by atoms with E-state index in [-0.39, 0.29) is 18.4 Å². The fourth-order valence-corrected chi connectivity index (χ4v) is 2.93. The number of fused-ring (bicyclic) bond motifs is 1. The fraction of sp³-hybridized carbons (Fsp3) is 0.190. The Kier molecular flexibility index (Phi) is 5.19. The third kappa shape index (κ3) is 3.91. The van der Waals surface area contributed by atoms with Crippen LogP contribution in [0.2, 0.25) is 0 Å². The second-order valence-electron chi connectivity index (χ2n) is 5.77. The zero-order valence-corrected chi connectivity index (χ0v) is 14.4. The molecule has 3 aromatic rings. The largest absolute Gasteiger partial charge is 0.497 e. The number of rotatable bonds is 6. The highest BCUT2D eigenvalue weighted by molar-refractivity contribution is 5.87. The average molecular weight is 335 g/mol. The monoisotopic (exact) mass is 335 g/mol. The molecule has 1 atom stereocenters. The Hall–Kier alpha value is -3.01. The van der Waals surface area contributed by atoms with Crippen molar-refractivity contribution >= 4 is 22.4 Å². The van der Waals surface area contributed by atoms with Crippen molar-refractivity contribution in [3.05, 3.63) is 72.3 Å². The number of esters is 1. The minimum Gasteiger partial charge on any atom is -0.497 e. The molecule has 0 fully saturated rings. The first-order valence-corrected chi connectivity index (χ1v) is 8.16. The molecule has 0 aliphatic heterocycles. The average Bonchev–Trinajstić information content (AvgIpc) is 2.67. The molecule has 0 unspecified atom stereocenters. The summed E-state index contributed by atoms with van der Waals surface area (Å²) in [5, 5.41) is 5.72. The number of ether oxygens (including phenoxy) is 2. The third-order valence-corrected chi connectivity index (χ3v) is 4.23. The van der Waals surface area contributed by atoms with Crippen molar-refractivity contribution in [2.45, 2.75) is 12.5 Å². The molecule has 0 radical (unpaired) electrons. The van der Waals surface area contributed by atoms with Gasteiger partial charge in [0.25, 0.3) is 0 Å². The summed E-state index contributed by atoms with van der Waals surface area (Å²) < 4.78 is 10.1. The number of hydrogen-bond donors (Lipinski definition) is 1. The van der Waals surface area contributed by atoms with Crippen LogP contribution in [0.25, 0.3) is 10.8 Å². The van der Waals surface area contributed by atoms with E-state index in [0.29, 0.717) is 0 Å². The van der Waals surface area contributed by atoms with Crippen molar-refractivity contribution in [3.8, 4) is 5.75 Å². The standard InChI is InChI=1S/C21H21NO3/c1-24-17-12-10-16(11-13-17)22-20(14-21(23)25-2)19-9-5-7-15-6-3-4-8-18(15)19/h3-13,20,22H,14H2,1-2H3/t20-/m1/s1. The molecule has 4 nitrogen and oxygen atoms in total. The van der Waals surface area contributed by atoms with E-state index in [1.54, 1.807) is 7.11 Å². The summed E-state index contributed by atoms with van der Waals surface area (Å²) >= 11 is 0. The lowest BCUT2D eigenvalue weighted by Crippen LogP contribution is -2.16. The van der Waals surface area contributed by atoms with Crippen LogP contribution in [0.4, 0.5) is 5.69 Å². The summed E-state index contributed by atoms with van der Waals surface area (Å²) in [5.41, 5.74) is 1.99. The molecule has 0 amide bonds. The van der Waals surface area contributed by atoms with E-state index in [0.717, 1.165) is 27.8 Å². The molecule has 0 aliphatic rings. The van der Waals surface area contributed by atoms with E-state index in [2.05, 4.69) is 23.5 Å². The van der Waals surface area contributed by atoms with Crippen LogP contribution in [0.1, 0.15) is 18.0 Å². The molecule has 0 aromatic heterocycles. The number of anilines is 1. The van der Waals surface area contributed by atoms with Crippen molar-refractivity contribution in [2.24, 2.45) is 0 Å². The van der Waals surface area contributed by atoms with E-state index >= 15 is 0 Å². The summed E-state index contributed by atoms with van der Waals surface area (Å²) in [7, 11) is 3.05. The van der Waals surface area contributed by atoms with Crippen molar-refractivity contribution in [1.82, 2.24) is 0 Å². The van der Waals surface area contributed by atoms with Crippen LogP contribution < -0.4 is 10.1 Å². The van der Waals surface area contributed by atoms with E-state index in [4.69, 9.17) is 9.47 Å². The van der Waals surface area contributed by atoms with Crippen molar-refractivity contribution in [1.29, 1.82) is 0 Å². The Morgan fingerprint density at radius 3 is 2.40 bits per heavy atom. The van der Waals surface area contributed by atoms with Crippen LogP contribution in [0.15, 0.2) is 66.7 Å². The number of carbonyl (C=O) groups is 1. The lowest BCUT2D eigenvalue weighted by atomic mass is 9.96. The Balaban J connectivity index is 1.97. The van der Waals surface area contributed by atoms with Gasteiger partial charge in [-0.2, -0.15) is 0 Å². The molecule has 0 heterocycles. The molecule has 0 aliphatic carbocycles. The Morgan fingerprint density at radius 1 is 0.960 bits per heavy atom. The number of methoxy groups -OCH3 is 2. The predicted molar refractivity (Wildman–Crippen MR) is 99.9 cm³/mol. The first kappa shape index (κ1) is 16.8. The van der Waals surface area contributed by atoms with Gasteiger partial charge in [-0.15, -0.1) is 0 Å². The molecule has 3 aromatic carbocycles. The third-order valence-electron chi connectivity index (χ3n) is 4.23. The SMILES string of the molecule is COC(=O)C[C@@H](Nc1ccc(OC)cc1)c1cccc2ccccc12. The van der Waals surface area contributed by atoms with E-state index in [1.165, 1.54) is 7.11 Å². The Labute approximate surface area is 147 Å². The summed E-state index contributed by atoms with van der Waals surface area (Å²) in [6.45, 7) is 0. The molecule has 0 bridgehead atoms. The lowest BCUT2D eigenvalue weighted by Gasteiger charge is -2.21. The van der Waals surface area contributed by atoms with E-state index < -0.39 is 0 Å². The summed E-state index contributed by atoms with van der Waals surface area (Å²) in [6, 6.07) is 21.8. The van der Waals surface area contributed by atoms with Crippen molar-refractivity contribution < 1.29 is 14.3 Å². The van der Waals surface area contributed by atoms with Gasteiger partial charge in [-0.3, -0.25) is 4.79 Å². The van der Waals surface area contributed by atoms with Gasteiger partial charge < -0.3 is 14.8 Å². The minimum absolute atomic E-state index is 0.188. The molecule has 25 heavy (non-hydrogen) atoms. The van der Waals surface area contributed by atoms with E-state index in [1.807, 2.05) is 48.5 Å². The second-order valence-corrected chi connectivity index (χ2v) is 5.77. The molecule has 4 heteroatoms. The van der Waals surface area contributed by atoms with Crippen LogP contribution >= 0.6 is 0 Å². The number of hydrogen-bond acceptors (Lipinski definition) is 4. The quantitative estimate of drug-likeness (QED) is 0.671. The maximum atomic E-state index is 11.9.